The fraction of sp³-hybridized carbons (Fsp3) is 0.562. The van der Waals surface area contributed by atoms with E-state index in [1.807, 2.05) is 13.0 Å². The van der Waals surface area contributed by atoms with E-state index in [-0.39, 0.29) is 18.7 Å². The molecule has 0 aromatic heterocycles. The summed E-state index contributed by atoms with van der Waals surface area (Å²) in [4.78, 5) is 12.0. The summed E-state index contributed by atoms with van der Waals surface area (Å²) in [7, 11) is 0. The van der Waals surface area contributed by atoms with Crippen LogP contribution in [0.5, 0.6) is 0 Å². The minimum Gasteiger partial charge on any atom is -0.396 e. The van der Waals surface area contributed by atoms with Crippen LogP contribution < -0.4 is 10.6 Å². The lowest BCUT2D eigenvalue weighted by Gasteiger charge is -2.18. The van der Waals surface area contributed by atoms with Gasteiger partial charge >= 0.3 is 6.03 Å². The van der Waals surface area contributed by atoms with Crippen molar-refractivity contribution in [3.63, 3.8) is 0 Å². The van der Waals surface area contributed by atoms with E-state index < -0.39 is 0 Å². The Bertz CT molecular complexity index is 432. The summed E-state index contributed by atoms with van der Waals surface area (Å²) >= 11 is 0. The van der Waals surface area contributed by atoms with Gasteiger partial charge in [-0.25, -0.2) is 4.79 Å². The van der Waals surface area contributed by atoms with Crippen molar-refractivity contribution in [3.05, 3.63) is 29.3 Å². The van der Waals surface area contributed by atoms with Gasteiger partial charge in [0.15, 0.2) is 0 Å². The molecule has 0 saturated heterocycles. The summed E-state index contributed by atoms with van der Waals surface area (Å²) in [6, 6.07) is 6.01. The smallest absolute Gasteiger partial charge is 0.319 e. The first-order valence-corrected chi connectivity index (χ1v) is 7.44. The zero-order chi connectivity index (χ0) is 15.0. The van der Waals surface area contributed by atoms with Crippen LogP contribution in [0.4, 0.5) is 10.5 Å². The van der Waals surface area contributed by atoms with Gasteiger partial charge in [-0.1, -0.05) is 32.9 Å². The van der Waals surface area contributed by atoms with E-state index in [2.05, 4.69) is 36.6 Å². The number of rotatable bonds is 7. The molecule has 4 nitrogen and oxygen atoms in total. The highest BCUT2D eigenvalue weighted by molar-refractivity contribution is 5.90. The second kappa shape index (κ2) is 8.59. The van der Waals surface area contributed by atoms with Crippen LogP contribution in [0.3, 0.4) is 0 Å². The average molecular weight is 278 g/mol. The van der Waals surface area contributed by atoms with Crippen LogP contribution in [0.15, 0.2) is 18.2 Å². The maximum atomic E-state index is 12.0. The molecule has 1 aromatic carbocycles. The largest absolute Gasteiger partial charge is 0.396 e. The molecule has 4 heteroatoms. The van der Waals surface area contributed by atoms with Gasteiger partial charge in [-0.2, -0.15) is 0 Å². The number of carbonyl (C=O) groups is 1. The van der Waals surface area contributed by atoms with Crippen molar-refractivity contribution in [3.8, 4) is 0 Å². The third kappa shape index (κ3) is 4.85. The lowest BCUT2D eigenvalue weighted by molar-refractivity contribution is 0.237. The van der Waals surface area contributed by atoms with Crippen LogP contribution in [0.1, 0.15) is 44.7 Å². The zero-order valence-electron chi connectivity index (χ0n) is 12.7. The molecular formula is C16H26N2O2. The Balaban J connectivity index is 2.73. The predicted molar refractivity (Wildman–Crippen MR) is 83.1 cm³/mol. The highest BCUT2D eigenvalue weighted by Crippen LogP contribution is 2.19. The molecule has 0 saturated carbocycles. The Morgan fingerprint density at radius 3 is 2.55 bits per heavy atom. The molecule has 1 rings (SSSR count). The number of amides is 2. The lowest BCUT2D eigenvalue weighted by atomic mass is 10.1. The number of carbonyl (C=O) groups excluding carboxylic acids is 1. The van der Waals surface area contributed by atoms with Crippen molar-refractivity contribution in [1.29, 1.82) is 0 Å². The Hall–Kier alpha value is -1.55. The Morgan fingerprint density at radius 1 is 1.25 bits per heavy atom. The molecule has 0 aliphatic carbocycles. The SMILES string of the molecule is CCc1ccc(CC)c(NC(=O)NC(CC)CCO)c1. The first-order chi connectivity index (χ1) is 9.64. The van der Waals surface area contributed by atoms with Crippen LogP contribution in [0.2, 0.25) is 0 Å². The Kier molecular flexibility index (Phi) is 7.09. The molecular weight excluding hydrogens is 252 g/mol. The van der Waals surface area contributed by atoms with E-state index in [0.29, 0.717) is 6.42 Å². The van der Waals surface area contributed by atoms with Crippen LogP contribution >= 0.6 is 0 Å². The molecule has 0 aliphatic rings. The number of anilines is 1. The molecule has 1 unspecified atom stereocenters. The van der Waals surface area contributed by atoms with Gasteiger partial charge in [-0.15, -0.1) is 0 Å². The van der Waals surface area contributed by atoms with Crippen molar-refractivity contribution < 1.29 is 9.90 Å². The summed E-state index contributed by atoms with van der Waals surface area (Å²) in [5.74, 6) is 0. The van der Waals surface area contributed by atoms with Gasteiger partial charge in [0.05, 0.1) is 0 Å². The van der Waals surface area contributed by atoms with E-state index in [4.69, 9.17) is 5.11 Å². The third-order valence-electron chi connectivity index (χ3n) is 3.52. The molecule has 0 heterocycles. The fourth-order valence-corrected chi connectivity index (χ4v) is 2.15. The van der Waals surface area contributed by atoms with Crippen molar-refractivity contribution in [2.45, 2.75) is 52.5 Å². The topological polar surface area (TPSA) is 61.4 Å². The van der Waals surface area contributed by atoms with Gasteiger partial charge in [0.25, 0.3) is 0 Å². The number of aliphatic hydroxyl groups is 1. The van der Waals surface area contributed by atoms with Crippen LogP contribution in [0.25, 0.3) is 0 Å². The van der Waals surface area contributed by atoms with Crippen LogP contribution in [-0.2, 0) is 12.8 Å². The number of benzene rings is 1. The summed E-state index contributed by atoms with van der Waals surface area (Å²) in [6.07, 6.45) is 3.22. The second-order valence-corrected chi connectivity index (χ2v) is 4.91. The summed E-state index contributed by atoms with van der Waals surface area (Å²) in [5, 5.41) is 14.8. The third-order valence-corrected chi connectivity index (χ3v) is 3.52. The minimum atomic E-state index is -0.201. The maximum Gasteiger partial charge on any atom is 0.319 e. The standard InChI is InChI=1S/C16H26N2O2/c1-4-12-7-8-13(5-2)15(11-12)18-16(20)17-14(6-3)9-10-19/h7-8,11,14,19H,4-6,9-10H2,1-3H3,(H2,17,18,20). The fourth-order valence-electron chi connectivity index (χ4n) is 2.15. The monoisotopic (exact) mass is 278 g/mol. The van der Waals surface area contributed by atoms with Gasteiger partial charge in [-0.3, -0.25) is 0 Å². The van der Waals surface area contributed by atoms with Crippen molar-refractivity contribution in [2.75, 3.05) is 11.9 Å². The van der Waals surface area contributed by atoms with E-state index in [9.17, 15) is 4.79 Å². The quantitative estimate of drug-likeness (QED) is 0.717. The van der Waals surface area contributed by atoms with Gasteiger partial charge in [-0.05, 0) is 42.9 Å². The Morgan fingerprint density at radius 2 is 2.00 bits per heavy atom. The average Bonchev–Trinajstić information content (AvgIpc) is 2.46. The van der Waals surface area contributed by atoms with Crippen LogP contribution in [0, 0.1) is 0 Å². The molecule has 0 radical (unpaired) electrons. The number of aliphatic hydroxyl groups excluding tert-OH is 1. The summed E-state index contributed by atoms with van der Waals surface area (Å²) in [6.45, 7) is 6.25. The van der Waals surface area contributed by atoms with E-state index in [0.717, 1.165) is 30.5 Å². The number of nitrogens with one attached hydrogen (secondary N) is 2. The predicted octanol–water partition coefficient (Wildman–Crippen LogP) is 3.09. The minimum absolute atomic E-state index is 0.0134. The first kappa shape index (κ1) is 16.5. The molecule has 20 heavy (non-hydrogen) atoms. The molecule has 0 aliphatic heterocycles. The van der Waals surface area contributed by atoms with Gasteiger partial charge in [0.2, 0.25) is 0 Å². The molecule has 1 atom stereocenters. The van der Waals surface area contributed by atoms with Crippen molar-refractivity contribution >= 4 is 11.7 Å². The Labute approximate surface area is 121 Å². The van der Waals surface area contributed by atoms with Gasteiger partial charge < -0.3 is 15.7 Å². The number of hydrogen-bond donors (Lipinski definition) is 3. The van der Waals surface area contributed by atoms with E-state index >= 15 is 0 Å². The number of aryl methyl sites for hydroxylation is 2. The number of hydrogen-bond acceptors (Lipinski definition) is 2. The normalized spacial score (nSPS) is 12.0. The highest BCUT2D eigenvalue weighted by Gasteiger charge is 2.11. The summed E-state index contributed by atoms with van der Waals surface area (Å²) in [5.41, 5.74) is 3.22. The van der Waals surface area contributed by atoms with E-state index in [1.165, 1.54) is 5.56 Å². The molecule has 2 amide bonds. The number of urea groups is 1. The molecule has 0 bridgehead atoms. The zero-order valence-corrected chi connectivity index (χ0v) is 12.7. The van der Waals surface area contributed by atoms with E-state index in [1.54, 1.807) is 0 Å². The summed E-state index contributed by atoms with van der Waals surface area (Å²) < 4.78 is 0. The molecule has 1 aromatic rings. The molecule has 0 spiro atoms. The second-order valence-electron chi connectivity index (χ2n) is 4.91. The van der Waals surface area contributed by atoms with Crippen molar-refractivity contribution in [1.82, 2.24) is 5.32 Å². The maximum absolute atomic E-state index is 12.0. The molecule has 3 N–H and O–H groups in total. The van der Waals surface area contributed by atoms with Crippen LogP contribution in [-0.4, -0.2) is 23.8 Å². The van der Waals surface area contributed by atoms with Crippen molar-refractivity contribution in [2.24, 2.45) is 0 Å². The first-order valence-electron chi connectivity index (χ1n) is 7.44. The van der Waals surface area contributed by atoms with Gasteiger partial charge in [0.1, 0.15) is 0 Å². The highest BCUT2D eigenvalue weighted by atomic mass is 16.3. The van der Waals surface area contributed by atoms with Gasteiger partial charge in [0, 0.05) is 18.3 Å². The lowest BCUT2D eigenvalue weighted by Crippen LogP contribution is -2.38. The molecule has 0 fully saturated rings. The molecule has 112 valence electrons.